The van der Waals surface area contributed by atoms with Crippen molar-refractivity contribution >= 4 is 16.5 Å². The Morgan fingerprint density at radius 3 is 2.58 bits per heavy atom. The lowest BCUT2D eigenvalue weighted by Crippen LogP contribution is -2.05. The number of anilines is 1. The van der Waals surface area contributed by atoms with E-state index in [1.165, 1.54) is 0 Å². The summed E-state index contributed by atoms with van der Waals surface area (Å²) < 4.78 is 38.4. The summed E-state index contributed by atoms with van der Waals surface area (Å²) in [5.41, 5.74) is 7.23. The summed E-state index contributed by atoms with van der Waals surface area (Å²) >= 11 is 0. The predicted molar refractivity (Wildman–Crippen MR) is 72.2 cm³/mol. The van der Waals surface area contributed by atoms with Gasteiger partial charge in [0, 0.05) is 11.4 Å². The molecule has 2 N–H and O–H groups in total. The number of nitrogens with two attached hydrogens (primary N) is 1. The van der Waals surface area contributed by atoms with E-state index in [9.17, 15) is 13.0 Å². The van der Waals surface area contributed by atoms with Crippen LogP contribution in [-0.4, -0.2) is 9.96 Å². The molecule has 1 atom stereocenters. The number of rotatable bonds is 4. The van der Waals surface area contributed by atoms with Crippen molar-refractivity contribution < 1.29 is 13.0 Å². The molecular formula is C14H13F2NOS. The first-order valence-corrected chi connectivity index (χ1v) is 7.06. The summed E-state index contributed by atoms with van der Waals surface area (Å²) in [4.78, 5) is -0.102. The second kappa shape index (κ2) is 5.93. The van der Waals surface area contributed by atoms with Gasteiger partial charge in [-0.15, -0.1) is 0 Å². The number of hydrogen-bond donors (Lipinski definition) is 1. The molecule has 0 radical (unpaired) electrons. The van der Waals surface area contributed by atoms with Crippen LogP contribution in [0.15, 0.2) is 47.4 Å². The largest absolute Gasteiger partial charge is 0.399 e. The van der Waals surface area contributed by atoms with E-state index in [0.717, 1.165) is 23.8 Å². The maximum atomic E-state index is 13.4. The van der Waals surface area contributed by atoms with Gasteiger partial charge in [0.2, 0.25) is 0 Å². The number of benzene rings is 2. The fourth-order valence-corrected chi connectivity index (χ4v) is 2.88. The minimum Gasteiger partial charge on any atom is -0.399 e. The molecular weight excluding hydrogens is 268 g/mol. The SMILES string of the molecule is Nc1ccccc1CCS(=O)c1cc(F)ccc1F. The van der Waals surface area contributed by atoms with Crippen LogP contribution in [-0.2, 0) is 17.2 Å². The van der Waals surface area contributed by atoms with Gasteiger partial charge in [0.1, 0.15) is 11.6 Å². The van der Waals surface area contributed by atoms with Crippen molar-refractivity contribution in [1.82, 2.24) is 0 Å². The molecule has 0 amide bonds. The molecule has 0 saturated heterocycles. The Morgan fingerprint density at radius 1 is 1.11 bits per heavy atom. The molecule has 2 rings (SSSR count). The van der Waals surface area contributed by atoms with Gasteiger partial charge < -0.3 is 5.73 Å². The molecule has 2 aromatic rings. The van der Waals surface area contributed by atoms with Gasteiger partial charge in [0.25, 0.3) is 0 Å². The van der Waals surface area contributed by atoms with Crippen molar-refractivity contribution in [1.29, 1.82) is 0 Å². The van der Waals surface area contributed by atoms with Gasteiger partial charge >= 0.3 is 0 Å². The highest BCUT2D eigenvalue weighted by molar-refractivity contribution is 7.85. The van der Waals surface area contributed by atoms with Crippen molar-refractivity contribution in [3.63, 3.8) is 0 Å². The molecule has 19 heavy (non-hydrogen) atoms. The van der Waals surface area contributed by atoms with Crippen molar-refractivity contribution in [2.24, 2.45) is 0 Å². The van der Waals surface area contributed by atoms with Crippen LogP contribution in [0.2, 0.25) is 0 Å². The molecule has 2 aromatic carbocycles. The van der Waals surface area contributed by atoms with Crippen LogP contribution in [0.3, 0.4) is 0 Å². The van der Waals surface area contributed by atoms with E-state index in [-0.39, 0.29) is 10.6 Å². The Hall–Kier alpha value is -1.75. The first-order valence-electron chi connectivity index (χ1n) is 5.75. The standard InChI is InChI=1S/C14H13F2NOS/c15-11-5-6-12(16)14(9-11)19(18)8-7-10-3-1-2-4-13(10)17/h1-6,9H,7-8,17H2. The molecule has 0 aliphatic rings. The van der Waals surface area contributed by atoms with Crippen molar-refractivity contribution in [2.75, 3.05) is 11.5 Å². The highest BCUT2D eigenvalue weighted by atomic mass is 32.2. The summed E-state index contributed by atoms with van der Waals surface area (Å²) in [6, 6.07) is 10.2. The monoisotopic (exact) mass is 281 g/mol. The zero-order valence-electron chi connectivity index (χ0n) is 10.1. The fourth-order valence-electron chi connectivity index (χ4n) is 1.73. The molecule has 0 heterocycles. The van der Waals surface area contributed by atoms with E-state index in [1.807, 2.05) is 18.2 Å². The fraction of sp³-hybridized carbons (Fsp3) is 0.143. The molecule has 0 fully saturated rings. The number of aryl methyl sites for hydroxylation is 1. The minimum atomic E-state index is -1.58. The van der Waals surface area contributed by atoms with Crippen LogP contribution in [0, 0.1) is 11.6 Å². The van der Waals surface area contributed by atoms with E-state index in [0.29, 0.717) is 12.1 Å². The molecule has 0 aliphatic heterocycles. The van der Waals surface area contributed by atoms with Gasteiger partial charge in [-0.25, -0.2) is 8.78 Å². The molecule has 1 unspecified atom stereocenters. The van der Waals surface area contributed by atoms with Crippen LogP contribution >= 0.6 is 0 Å². The predicted octanol–water partition coefficient (Wildman–Crippen LogP) is 2.90. The van der Waals surface area contributed by atoms with Crippen LogP contribution in [0.25, 0.3) is 0 Å². The van der Waals surface area contributed by atoms with Crippen LogP contribution < -0.4 is 5.73 Å². The first kappa shape index (κ1) is 13.7. The van der Waals surface area contributed by atoms with Gasteiger partial charge in [0.05, 0.1) is 15.7 Å². The second-order valence-corrected chi connectivity index (χ2v) is 5.61. The summed E-state index contributed by atoms with van der Waals surface area (Å²) in [5.74, 6) is -1.04. The first-order chi connectivity index (χ1) is 9.08. The van der Waals surface area contributed by atoms with Crippen molar-refractivity contribution in [3.05, 3.63) is 59.7 Å². The lowest BCUT2D eigenvalue weighted by atomic mass is 10.1. The van der Waals surface area contributed by atoms with Crippen LogP contribution in [0.5, 0.6) is 0 Å². The Bertz CT molecular complexity index is 616. The summed E-state index contributed by atoms with van der Waals surface area (Å²) in [7, 11) is -1.58. The molecule has 2 nitrogen and oxygen atoms in total. The van der Waals surface area contributed by atoms with E-state index in [4.69, 9.17) is 5.73 Å². The van der Waals surface area contributed by atoms with E-state index in [2.05, 4.69) is 0 Å². The van der Waals surface area contributed by atoms with Gasteiger partial charge in [-0.3, -0.25) is 4.21 Å². The quantitative estimate of drug-likeness (QED) is 0.876. The van der Waals surface area contributed by atoms with Gasteiger partial charge in [-0.05, 0) is 36.2 Å². The Kier molecular flexibility index (Phi) is 4.27. The second-order valence-electron chi connectivity index (χ2n) is 4.07. The average Bonchev–Trinajstić information content (AvgIpc) is 2.40. The molecule has 5 heteroatoms. The van der Waals surface area contributed by atoms with Crippen LogP contribution in [0.4, 0.5) is 14.5 Å². The average molecular weight is 281 g/mol. The molecule has 0 saturated carbocycles. The lowest BCUT2D eigenvalue weighted by Gasteiger charge is -2.06. The van der Waals surface area contributed by atoms with Crippen molar-refractivity contribution in [3.8, 4) is 0 Å². The Morgan fingerprint density at radius 2 is 1.84 bits per heavy atom. The zero-order valence-corrected chi connectivity index (χ0v) is 10.9. The molecule has 0 aromatic heterocycles. The molecule has 0 aliphatic carbocycles. The minimum absolute atomic E-state index is 0.102. The van der Waals surface area contributed by atoms with Crippen LogP contribution in [0.1, 0.15) is 5.56 Å². The number of nitrogen functional groups attached to an aromatic ring is 1. The van der Waals surface area contributed by atoms with E-state index in [1.54, 1.807) is 6.07 Å². The van der Waals surface area contributed by atoms with E-state index >= 15 is 0 Å². The lowest BCUT2D eigenvalue weighted by molar-refractivity contribution is 0.572. The third-order valence-electron chi connectivity index (χ3n) is 2.75. The topological polar surface area (TPSA) is 43.1 Å². The molecule has 100 valence electrons. The smallest absolute Gasteiger partial charge is 0.139 e. The third kappa shape index (κ3) is 3.38. The third-order valence-corrected chi connectivity index (χ3v) is 4.13. The maximum absolute atomic E-state index is 13.4. The summed E-state index contributed by atoms with van der Waals surface area (Å²) in [6.07, 6.45) is 0.454. The highest BCUT2D eigenvalue weighted by Gasteiger charge is 2.12. The zero-order chi connectivity index (χ0) is 13.8. The Balaban J connectivity index is 2.10. The van der Waals surface area contributed by atoms with Crippen molar-refractivity contribution in [2.45, 2.75) is 11.3 Å². The highest BCUT2D eigenvalue weighted by Crippen LogP contribution is 2.17. The number of halogens is 2. The molecule has 0 bridgehead atoms. The summed E-state index contributed by atoms with van der Waals surface area (Å²) in [5, 5.41) is 0. The normalized spacial score (nSPS) is 12.3. The number of hydrogen-bond acceptors (Lipinski definition) is 2. The summed E-state index contributed by atoms with van der Waals surface area (Å²) in [6.45, 7) is 0. The molecule has 0 spiro atoms. The van der Waals surface area contributed by atoms with Gasteiger partial charge in [-0.1, -0.05) is 18.2 Å². The van der Waals surface area contributed by atoms with E-state index < -0.39 is 22.4 Å². The van der Waals surface area contributed by atoms with Gasteiger partial charge in [0.15, 0.2) is 0 Å². The number of para-hydroxylation sites is 1. The van der Waals surface area contributed by atoms with Gasteiger partial charge in [-0.2, -0.15) is 0 Å². The Labute approximate surface area is 112 Å². The maximum Gasteiger partial charge on any atom is 0.139 e.